The molecule has 0 bridgehead atoms. The number of amides is 3. The van der Waals surface area contributed by atoms with Crippen molar-refractivity contribution in [2.24, 2.45) is 10.8 Å². The van der Waals surface area contributed by atoms with E-state index >= 15 is 0 Å². The van der Waals surface area contributed by atoms with E-state index in [0.29, 0.717) is 52.0 Å². The maximum Gasteiger partial charge on any atom is 0.319 e. The molecule has 0 aromatic carbocycles. The van der Waals surface area contributed by atoms with Crippen molar-refractivity contribution in [3.8, 4) is 0 Å². The first-order chi connectivity index (χ1) is 12.1. The van der Waals surface area contributed by atoms with Crippen LogP contribution in [-0.4, -0.2) is 99.0 Å². The van der Waals surface area contributed by atoms with Crippen LogP contribution in [0.3, 0.4) is 0 Å². The first kappa shape index (κ1) is 19.4. The third-order valence-corrected chi connectivity index (χ3v) is 7.87. The summed E-state index contributed by atoms with van der Waals surface area (Å²) in [5.41, 5.74) is -1.01. The maximum atomic E-state index is 13.2. The predicted octanol–water partition coefficient (Wildman–Crippen LogP) is 0.264. The summed E-state index contributed by atoms with van der Waals surface area (Å²) in [4.78, 5) is 30.7. The maximum absolute atomic E-state index is 13.2. The number of sulfonamides is 1. The highest BCUT2D eigenvalue weighted by molar-refractivity contribution is 7.88. The number of carbonyl (C=O) groups is 2. The molecule has 0 radical (unpaired) electrons. The Bertz CT molecular complexity index is 700. The van der Waals surface area contributed by atoms with E-state index in [1.54, 1.807) is 23.9 Å². The van der Waals surface area contributed by atoms with Gasteiger partial charge in [0.2, 0.25) is 15.9 Å². The Morgan fingerprint density at radius 1 is 1.12 bits per heavy atom. The molecule has 3 saturated heterocycles. The zero-order valence-electron chi connectivity index (χ0n) is 16.2. The van der Waals surface area contributed by atoms with E-state index < -0.39 is 15.4 Å². The number of piperidine rings is 1. The minimum Gasteiger partial charge on any atom is -0.342 e. The fraction of sp³-hybridized carbons (Fsp3) is 0.882. The average Bonchev–Trinajstić information content (AvgIpc) is 3.07. The third-order valence-electron chi connectivity index (χ3n) is 6.67. The van der Waals surface area contributed by atoms with Gasteiger partial charge in [0.25, 0.3) is 0 Å². The Balaban J connectivity index is 1.91. The van der Waals surface area contributed by atoms with Crippen molar-refractivity contribution in [3.05, 3.63) is 0 Å². The topological polar surface area (TPSA) is 81.2 Å². The normalized spacial score (nSPS) is 29.2. The van der Waals surface area contributed by atoms with Gasteiger partial charge >= 0.3 is 6.03 Å². The van der Waals surface area contributed by atoms with Crippen molar-refractivity contribution in [2.75, 3.05) is 59.6 Å². The smallest absolute Gasteiger partial charge is 0.319 e. The Kier molecular flexibility index (Phi) is 4.75. The fourth-order valence-corrected chi connectivity index (χ4v) is 6.01. The fourth-order valence-electron chi connectivity index (χ4n) is 5.07. The number of hydrogen-bond donors (Lipinski definition) is 0. The quantitative estimate of drug-likeness (QED) is 0.682. The molecule has 0 N–H and O–H groups in total. The molecule has 1 atom stereocenters. The molecule has 3 rings (SSSR count). The molecule has 148 valence electrons. The standard InChI is InChI=1S/C17H30N4O4S/c1-5-19-11-8-17(14(19)22)13-21(26(4,24)25)12-16(17)6-9-20(10-7-16)15(23)18(2)3/h5-13H2,1-4H3/t17-/m1/s1. The Hall–Kier alpha value is -1.35. The second-order valence-corrected chi connectivity index (χ2v) is 10.2. The van der Waals surface area contributed by atoms with Gasteiger partial charge in [0.15, 0.2) is 0 Å². The van der Waals surface area contributed by atoms with Gasteiger partial charge in [-0.1, -0.05) is 0 Å². The molecule has 3 aliphatic rings. The summed E-state index contributed by atoms with van der Waals surface area (Å²) < 4.78 is 26.0. The summed E-state index contributed by atoms with van der Waals surface area (Å²) in [5.74, 6) is 0.0959. The lowest BCUT2D eigenvalue weighted by molar-refractivity contribution is -0.141. The molecule has 9 heteroatoms. The van der Waals surface area contributed by atoms with Gasteiger partial charge in [0.1, 0.15) is 0 Å². The van der Waals surface area contributed by atoms with Crippen LogP contribution in [0.4, 0.5) is 4.79 Å². The van der Waals surface area contributed by atoms with Crippen LogP contribution in [-0.2, 0) is 14.8 Å². The van der Waals surface area contributed by atoms with Gasteiger partial charge in [-0.2, -0.15) is 0 Å². The van der Waals surface area contributed by atoms with E-state index in [1.165, 1.54) is 10.6 Å². The highest BCUT2D eigenvalue weighted by Gasteiger charge is 2.66. The van der Waals surface area contributed by atoms with Crippen LogP contribution in [0.1, 0.15) is 26.2 Å². The van der Waals surface area contributed by atoms with E-state index in [-0.39, 0.29) is 23.9 Å². The number of rotatable bonds is 2. The lowest BCUT2D eigenvalue weighted by atomic mass is 9.60. The molecule has 3 fully saturated rings. The second-order valence-electron chi connectivity index (χ2n) is 8.19. The molecule has 0 unspecified atom stereocenters. The van der Waals surface area contributed by atoms with Crippen LogP contribution in [0.5, 0.6) is 0 Å². The highest BCUT2D eigenvalue weighted by atomic mass is 32.2. The van der Waals surface area contributed by atoms with Crippen molar-refractivity contribution in [3.63, 3.8) is 0 Å². The Morgan fingerprint density at radius 2 is 1.73 bits per heavy atom. The van der Waals surface area contributed by atoms with Gasteiger partial charge in [-0.05, 0) is 26.2 Å². The van der Waals surface area contributed by atoms with Crippen LogP contribution in [0.25, 0.3) is 0 Å². The number of likely N-dealkylation sites (tertiary alicyclic amines) is 2. The van der Waals surface area contributed by atoms with Crippen molar-refractivity contribution in [1.29, 1.82) is 0 Å². The van der Waals surface area contributed by atoms with Crippen molar-refractivity contribution >= 4 is 22.0 Å². The predicted molar refractivity (Wildman–Crippen MR) is 98.0 cm³/mol. The summed E-state index contributed by atoms with van der Waals surface area (Å²) >= 11 is 0. The molecule has 8 nitrogen and oxygen atoms in total. The lowest BCUT2D eigenvalue weighted by Crippen LogP contribution is -2.54. The van der Waals surface area contributed by atoms with Gasteiger partial charge < -0.3 is 14.7 Å². The minimum absolute atomic E-state index is 0.0280. The number of fused-ring (bicyclic) bond motifs is 1. The lowest BCUT2D eigenvalue weighted by Gasteiger charge is -2.47. The first-order valence-corrected chi connectivity index (χ1v) is 11.1. The molecule has 0 saturated carbocycles. The molecular formula is C17H30N4O4S. The number of urea groups is 1. The van der Waals surface area contributed by atoms with E-state index in [4.69, 9.17) is 0 Å². The molecule has 0 aromatic heterocycles. The number of carbonyl (C=O) groups excluding carboxylic acids is 2. The zero-order chi connectivity index (χ0) is 19.3. The number of nitrogens with zero attached hydrogens (tertiary/aromatic N) is 4. The van der Waals surface area contributed by atoms with Gasteiger partial charge in [0.05, 0.1) is 11.7 Å². The van der Waals surface area contributed by atoms with E-state index in [0.717, 1.165) is 0 Å². The van der Waals surface area contributed by atoms with Crippen molar-refractivity contribution in [2.45, 2.75) is 26.2 Å². The molecule has 3 aliphatic heterocycles. The van der Waals surface area contributed by atoms with E-state index in [9.17, 15) is 18.0 Å². The van der Waals surface area contributed by atoms with Crippen LogP contribution >= 0.6 is 0 Å². The van der Waals surface area contributed by atoms with Gasteiger partial charge in [-0.25, -0.2) is 17.5 Å². The van der Waals surface area contributed by atoms with Crippen LogP contribution < -0.4 is 0 Å². The molecule has 3 amide bonds. The number of hydrogen-bond acceptors (Lipinski definition) is 4. The minimum atomic E-state index is -3.36. The molecule has 26 heavy (non-hydrogen) atoms. The molecular weight excluding hydrogens is 356 g/mol. The summed E-state index contributed by atoms with van der Waals surface area (Å²) in [7, 11) is 0.103. The van der Waals surface area contributed by atoms with Crippen LogP contribution in [0.2, 0.25) is 0 Å². The third kappa shape index (κ3) is 2.79. The zero-order valence-corrected chi connectivity index (χ0v) is 17.0. The molecule has 0 aromatic rings. The van der Waals surface area contributed by atoms with Crippen molar-refractivity contribution in [1.82, 2.24) is 19.0 Å². The van der Waals surface area contributed by atoms with E-state index in [1.807, 2.05) is 11.8 Å². The Labute approximate surface area is 156 Å². The summed E-state index contributed by atoms with van der Waals surface area (Å²) in [6.07, 6.45) is 3.26. The van der Waals surface area contributed by atoms with Gasteiger partial charge in [-0.3, -0.25) is 4.79 Å². The van der Waals surface area contributed by atoms with E-state index in [2.05, 4.69) is 0 Å². The molecule has 3 heterocycles. The van der Waals surface area contributed by atoms with Crippen LogP contribution in [0, 0.1) is 10.8 Å². The largest absolute Gasteiger partial charge is 0.342 e. The molecule has 2 spiro atoms. The van der Waals surface area contributed by atoms with Crippen LogP contribution in [0.15, 0.2) is 0 Å². The second kappa shape index (κ2) is 6.37. The Morgan fingerprint density at radius 3 is 2.19 bits per heavy atom. The summed E-state index contributed by atoms with van der Waals surface area (Å²) in [6.45, 7) is 5.11. The monoisotopic (exact) mass is 386 g/mol. The average molecular weight is 387 g/mol. The first-order valence-electron chi connectivity index (χ1n) is 9.27. The molecule has 0 aliphatic carbocycles. The highest BCUT2D eigenvalue weighted by Crippen LogP contribution is 2.58. The summed E-state index contributed by atoms with van der Waals surface area (Å²) in [5, 5.41) is 0. The summed E-state index contributed by atoms with van der Waals surface area (Å²) in [6, 6.07) is -0.0280. The SMILES string of the molecule is CCN1CC[C@@]2(CN(S(C)(=O)=O)CC23CCN(C(=O)N(C)C)CC3)C1=O. The van der Waals surface area contributed by atoms with Crippen molar-refractivity contribution < 1.29 is 18.0 Å². The van der Waals surface area contributed by atoms with Gasteiger partial charge in [0, 0.05) is 58.8 Å². The van der Waals surface area contributed by atoms with Gasteiger partial charge in [-0.15, -0.1) is 0 Å².